The summed E-state index contributed by atoms with van der Waals surface area (Å²) in [6.45, 7) is 9.12. The van der Waals surface area contributed by atoms with Crippen LogP contribution >= 0.6 is 0 Å². The van der Waals surface area contributed by atoms with Gasteiger partial charge in [-0.1, -0.05) is 20.8 Å². The Morgan fingerprint density at radius 1 is 0.846 bits per heavy atom. The molecule has 0 aliphatic carbocycles. The zero-order valence-electron chi connectivity index (χ0n) is 9.42. The van der Waals surface area contributed by atoms with Crippen molar-refractivity contribution in [2.45, 2.75) is 38.6 Å². The van der Waals surface area contributed by atoms with Crippen LogP contribution in [-0.4, -0.2) is 42.3 Å². The molecule has 80 valence electrons. The minimum atomic E-state index is 0. The van der Waals surface area contributed by atoms with Crippen LogP contribution in [0.3, 0.4) is 0 Å². The summed E-state index contributed by atoms with van der Waals surface area (Å²) in [5.74, 6) is 0. The van der Waals surface area contributed by atoms with Crippen LogP contribution in [0.25, 0.3) is 0 Å². The van der Waals surface area contributed by atoms with Gasteiger partial charge >= 0.3 is 40.3 Å². The van der Waals surface area contributed by atoms with E-state index < -0.39 is 0 Å². The first-order valence-corrected chi connectivity index (χ1v) is 6.08. The molecule has 0 aromatic carbocycles. The van der Waals surface area contributed by atoms with E-state index in [9.17, 15) is 0 Å². The second-order valence-corrected chi connectivity index (χ2v) is 5.32. The van der Waals surface area contributed by atoms with Gasteiger partial charge in [0.15, 0.2) is 0 Å². The first-order valence-electron chi connectivity index (χ1n) is 4.43. The van der Waals surface area contributed by atoms with Crippen molar-refractivity contribution < 1.29 is 15.3 Å². The first kappa shape index (κ1) is 23.5. The van der Waals surface area contributed by atoms with E-state index in [4.69, 9.17) is 15.3 Å². The van der Waals surface area contributed by atoms with E-state index >= 15 is 0 Å². The molecule has 0 atom stereocenters. The van der Waals surface area contributed by atoms with Crippen molar-refractivity contribution in [2.24, 2.45) is 0 Å². The Morgan fingerprint density at radius 2 is 0.846 bits per heavy atom. The quantitative estimate of drug-likeness (QED) is 0.543. The standard InChI is InChI=1S/C3H7.3C2H5O.Sn/c1-3-2;3*1-2-3;/h3H,1-2H3;3*2H2,1H3;/q;3*-1;+3. The molecule has 0 fully saturated rings. The van der Waals surface area contributed by atoms with Crippen LogP contribution < -0.4 is 15.3 Å². The molecular weight excluding hydrogens is 275 g/mol. The van der Waals surface area contributed by atoms with E-state index in [1.807, 2.05) is 0 Å². The second-order valence-electron chi connectivity index (χ2n) is 2.02. The Kier molecular flexibility index (Phi) is 70.0. The summed E-state index contributed by atoms with van der Waals surface area (Å²) >= 11 is 1.64. The molecule has 0 rings (SSSR count). The summed E-state index contributed by atoms with van der Waals surface area (Å²) in [5, 5.41) is 26.8. The van der Waals surface area contributed by atoms with Gasteiger partial charge in [-0.25, -0.2) is 0 Å². The molecule has 0 amide bonds. The Labute approximate surface area is 96.3 Å². The molecule has 0 saturated heterocycles. The molecular formula is C9H22O3Sn. The van der Waals surface area contributed by atoms with Gasteiger partial charge in [-0.05, 0) is 0 Å². The molecule has 0 unspecified atom stereocenters. The normalized spacial score (nSPS) is 7.00. The van der Waals surface area contributed by atoms with E-state index in [2.05, 4.69) is 13.8 Å². The molecule has 0 saturated carbocycles. The summed E-state index contributed by atoms with van der Waals surface area (Å²) in [6.07, 6.45) is 0. The van der Waals surface area contributed by atoms with Crippen molar-refractivity contribution in [3.63, 3.8) is 0 Å². The fourth-order valence-electron chi connectivity index (χ4n) is 0. The third-order valence-corrected chi connectivity index (χ3v) is 0. The van der Waals surface area contributed by atoms with Crippen LogP contribution in [0.1, 0.15) is 34.6 Å². The van der Waals surface area contributed by atoms with Crippen LogP contribution in [0.2, 0.25) is 3.93 Å². The van der Waals surface area contributed by atoms with Crippen LogP contribution in [0.4, 0.5) is 0 Å². The van der Waals surface area contributed by atoms with E-state index in [-0.39, 0.29) is 19.8 Å². The summed E-state index contributed by atoms with van der Waals surface area (Å²) in [4.78, 5) is 0. The van der Waals surface area contributed by atoms with E-state index in [1.165, 1.54) is 0 Å². The van der Waals surface area contributed by atoms with Crippen LogP contribution in [-0.2, 0) is 0 Å². The first-order chi connectivity index (χ1) is 5.97. The van der Waals surface area contributed by atoms with E-state index in [1.54, 1.807) is 43.3 Å². The predicted octanol–water partition coefficient (Wildman–Crippen LogP) is -0.917. The zero-order chi connectivity index (χ0) is 11.7. The molecule has 0 aliphatic rings. The van der Waals surface area contributed by atoms with Crippen molar-refractivity contribution in [2.75, 3.05) is 19.8 Å². The molecule has 0 heterocycles. The monoisotopic (exact) mass is 298 g/mol. The summed E-state index contributed by atoms with van der Waals surface area (Å²) in [7, 11) is 0. The average molecular weight is 297 g/mol. The molecule has 0 spiro atoms. The Hall–Kier alpha value is 0.679. The zero-order valence-corrected chi connectivity index (χ0v) is 12.3. The SMILES string of the molecule is CC[O-].CC[O-].CC[O-].C[CH](C)[Sn+3]. The van der Waals surface area contributed by atoms with Gasteiger partial charge in [-0.15, -0.1) is 19.8 Å². The molecule has 0 aromatic rings. The molecule has 4 heteroatoms. The summed E-state index contributed by atoms with van der Waals surface area (Å²) < 4.78 is 0.923. The van der Waals surface area contributed by atoms with Crippen molar-refractivity contribution >= 4 is 22.5 Å². The van der Waals surface area contributed by atoms with Crippen LogP contribution in [0, 0.1) is 0 Å². The number of rotatable bonds is 0. The summed E-state index contributed by atoms with van der Waals surface area (Å²) in [6, 6.07) is 0. The van der Waals surface area contributed by atoms with Crippen molar-refractivity contribution in [1.29, 1.82) is 0 Å². The van der Waals surface area contributed by atoms with Gasteiger partial charge in [0, 0.05) is 0 Å². The van der Waals surface area contributed by atoms with Gasteiger partial charge in [-0.2, -0.15) is 0 Å². The Balaban J connectivity index is -0.0000000420. The third kappa shape index (κ3) is 3140. The average Bonchev–Trinajstić information content (AvgIpc) is 1.88. The fraction of sp³-hybridized carbons (Fsp3) is 1.00. The van der Waals surface area contributed by atoms with E-state index in [0.29, 0.717) is 0 Å². The van der Waals surface area contributed by atoms with Gasteiger partial charge < -0.3 is 15.3 Å². The van der Waals surface area contributed by atoms with Gasteiger partial charge in [-0.3, -0.25) is 0 Å². The van der Waals surface area contributed by atoms with Crippen molar-refractivity contribution in [3.05, 3.63) is 0 Å². The second kappa shape index (κ2) is 38.8. The number of hydrogen-bond acceptors (Lipinski definition) is 3. The molecule has 13 heavy (non-hydrogen) atoms. The van der Waals surface area contributed by atoms with Crippen LogP contribution in [0.5, 0.6) is 0 Å². The van der Waals surface area contributed by atoms with Crippen molar-refractivity contribution in [1.82, 2.24) is 0 Å². The summed E-state index contributed by atoms with van der Waals surface area (Å²) in [5.41, 5.74) is 0. The van der Waals surface area contributed by atoms with Gasteiger partial charge in [0.25, 0.3) is 0 Å². The molecule has 0 aromatic heterocycles. The molecule has 0 N–H and O–H groups in total. The maximum absolute atomic E-state index is 8.93. The molecule has 0 radical (unpaired) electrons. The van der Waals surface area contributed by atoms with Crippen molar-refractivity contribution in [3.8, 4) is 0 Å². The topological polar surface area (TPSA) is 69.2 Å². The van der Waals surface area contributed by atoms with Crippen LogP contribution in [0.15, 0.2) is 0 Å². The maximum atomic E-state index is 8.93. The van der Waals surface area contributed by atoms with Gasteiger partial charge in [0.05, 0.1) is 0 Å². The van der Waals surface area contributed by atoms with Gasteiger partial charge in [0.1, 0.15) is 0 Å². The molecule has 0 bridgehead atoms. The minimum absolute atomic E-state index is 0. The fourth-order valence-corrected chi connectivity index (χ4v) is 0. The van der Waals surface area contributed by atoms with E-state index in [0.717, 1.165) is 3.93 Å². The molecule has 3 nitrogen and oxygen atoms in total. The van der Waals surface area contributed by atoms with Gasteiger partial charge in [0.2, 0.25) is 0 Å². The third-order valence-electron chi connectivity index (χ3n) is 0. The Morgan fingerprint density at radius 3 is 0.846 bits per heavy atom. The Bertz CT molecular complexity index is 36.3. The predicted molar refractivity (Wildman–Crippen MR) is 52.5 cm³/mol. The number of hydrogen-bond donors (Lipinski definition) is 0. The molecule has 0 aliphatic heterocycles.